The molecule has 2 heterocycles. The van der Waals surface area contributed by atoms with Gasteiger partial charge in [-0.2, -0.15) is 0 Å². The number of piperidine rings is 1. The summed E-state index contributed by atoms with van der Waals surface area (Å²) in [6.45, 7) is 7.90. The summed E-state index contributed by atoms with van der Waals surface area (Å²) in [5, 5.41) is 3.54. The van der Waals surface area contributed by atoms with Crippen molar-refractivity contribution < 1.29 is 4.42 Å². The first kappa shape index (κ1) is 13.2. The lowest BCUT2D eigenvalue weighted by molar-refractivity contribution is 0.121. The smallest absolute Gasteiger partial charge is 0.122 e. The zero-order valence-electron chi connectivity index (χ0n) is 12.2. The van der Waals surface area contributed by atoms with Gasteiger partial charge >= 0.3 is 0 Å². The van der Waals surface area contributed by atoms with Gasteiger partial charge in [-0.1, -0.05) is 6.92 Å². The van der Waals surface area contributed by atoms with Gasteiger partial charge in [0.25, 0.3) is 0 Å². The van der Waals surface area contributed by atoms with E-state index in [-0.39, 0.29) is 0 Å². The maximum Gasteiger partial charge on any atom is 0.122 e. The van der Waals surface area contributed by atoms with E-state index in [9.17, 15) is 0 Å². The lowest BCUT2D eigenvalue weighted by atomic mass is 9.93. The van der Waals surface area contributed by atoms with Crippen molar-refractivity contribution in [3.8, 4) is 0 Å². The van der Waals surface area contributed by atoms with E-state index < -0.39 is 0 Å². The normalized spacial score (nSPS) is 28.7. The number of rotatable bonds is 5. The molecule has 0 aromatic carbocycles. The van der Waals surface area contributed by atoms with E-state index in [1.165, 1.54) is 37.8 Å². The van der Waals surface area contributed by atoms with Crippen LogP contribution >= 0.6 is 0 Å². The van der Waals surface area contributed by atoms with E-state index in [1.807, 2.05) is 6.26 Å². The highest BCUT2D eigenvalue weighted by atomic mass is 16.3. The molecule has 106 valence electrons. The van der Waals surface area contributed by atoms with E-state index in [0.717, 1.165) is 30.8 Å². The Hall–Kier alpha value is -0.800. The minimum atomic E-state index is 0.697. The zero-order valence-corrected chi connectivity index (χ0v) is 12.2. The van der Waals surface area contributed by atoms with Crippen molar-refractivity contribution in [2.24, 2.45) is 5.92 Å². The molecule has 1 aliphatic carbocycles. The first-order valence-electron chi connectivity index (χ1n) is 7.75. The molecule has 0 bridgehead atoms. The molecule has 2 unspecified atom stereocenters. The van der Waals surface area contributed by atoms with Crippen molar-refractivity contribution in [3.05, 3.63) is 23.7 Å². The fourth-order valence-corrected chi connectivity index (χ4v) is 3.10. The second-order valence-electron chi connectivity index (χ2n) is 6.47. The summed E-state index contributed by atoms with van der Waals surface area (Å²) < 4.78 is 5.65. The molecule has 0 radical (unpaired) electrons. The Labute approximate surface area is 116 Å². The first-order valence-corrected chi connectivity index (χ1v) is 7.75. The topological polar surface area (TPSA) is 28.4 Å². The molecule has 0 spiro atoms. The summed E-state index contributed by atoms with van der Waals surface area (Å²) in [6.07, 6.45) is 7.16. The molecule has 3 rings (SSSR count). The average Bonchev–Trinajstić information content (AvgIpc) is 3.11. The Morgan fingerprint density at radius 1 is 1.32 bits per heavy atom. The van der Waals surface area contributed by atoms with E-state index in [4.69, 9.17) is 4.42 Å². The third kappa shape index (κ3) is 3.40. The van der Waals surface area contributed by atoms with E-state index in [2.05, 4.69) is 30.1 Å². The summed E-state index contributed by atoms with van der Waals surface area (Å²) in [5.41, 5.74) is 1.37. The molecule has 0 amide bonds. The van der Waals surface area contributed by atoms with Crippen molar-refractivity contribution in [2.45, 2.75) is 64.7 Å². The molecule has 1 saturated heterocycles. The standard InChI is InChI=1S/C16H26N2O/c1-12-5-7-18(13(2)9-12)11-14-6-8-19-16(14)10-17-15-3-4-15/h6,8,12-13,15,17H,3-5,7,9-11H2,1-2H3. The van der Waals surface area contributed by atoms with Crippen LogP contribution in [0.3, 0.4) is 0 Å². The third-order valence-electron chi connectivity index (χ3n) is 4.62. The summed E-state index contributed by atoms with van der Waals surface area (Å²) >= 11 is 0. The molecule has 1 aromatic heterocycles. The van der Waals surface area contributed by atoms with Crippen LogP contribution in [-0.2, 0) is 13.1 Å². The molecule has 3 nitrogen and oxygen atoms in total. The number of hydrogen-bond donors (Lipinski definition) is 1. The zero-order chi connectivity index (χ0) is 13.2. The molecule has 1 aromatic rings. The Kier molecular flexibility index (Phi) is 3.94. The van der Waals surface area contributed by atoms with Gasteiger partial charge in [0.1, 0.15) is 5.76 Å². The van der Waals surface area contributed by atoms with Crippen LogP contribution in [0.5, 0.6) is 0 Å². The van der Waals surface area contributed by atoms with Crippen LogP contribution in [0.4, 0.5) is 0 Å². The Balaban J connectivity index is 1.57. The van der Waals surface area contributed by atoms with Crippen molar-refractivity contribution in [1.82, 2.24) is 10.2 Å². The predicted molar refractivity (Wildman–Crippen MR) is 76.8 cm³/mol. The largest absolute Gasteiger partial charge is 0.468 e. The number of nitrogens with one attached hydrogen (secondary N) is 1. The van der Waals surface area contributed by atoms with E-state index in [1.54, 1.807) is 0 Å². The van der Waals surface area contributed by atoms with Crippen LogP contribution in [0.25, 0.3) is 0 Å². The Morgan fingerprint density at radius 3 is 2.89 bits per heavy atom. The molecular formula is C16H26N2O. The van der Waals surface area contributed by atoms with E-state index in [0.29, 0.717) is 6.04 Å². The van der Waals surface area contributed by atoms with Gasteiger partial charge in [0.2, 0.25) is 0 Å². The highest BCUT2D eigenvalue weighted by Gasteiger charge is 2.25. The molecule has 3 heteroatoms. The lowest BCUT2D eigenvalue weighted by Crippen LogP contribution is -2.39. The first-order chi connectivity index (χ1) is 9.22. The van der Waals surface area contributed by atoms with Gasteiger partial charge in [0.05, 0.1) is 12.8 Å². The summed E-state index contributed by atoms with van der Waals surface area (Å²) in [5.74, 6) is 2.02. The Morgan fingerprint density at radius 2 is 2.16 bits per heavy atom. The van der Waals surface area contributed by atoms with Gasteiger partial charge in [0, 0.05) is 24.2 Å². The maximum absolute atomic E-state index is 5.65. The molecule has 2 aliphatic rings. The van der Waals surface area contributed by atoms with Gasteiger partial charge in [-0.15, -0.1) is 0 Å². The Bertz CT molecular complexity index is 411. The number of nitrogens with zero attached hydrogens (tertiary/aromatic N) is 1. The van der Waals surface area contributed by atoms with E-state index >= 15 is 0 Å². The number of hydrogen-bond acceptors (Lipinski definition) is 3. The predicted octanol–water partition coefficient (Wildman–Crippen LogP) is 3.15. The molecular weight excluding hydrogens is 236 g/mol. The second-order valence-corrected chi connectivity index (χ2v) is 6.47. The maximum atomic E-state index is 5.65. The number of likely N-dealkylation sites (tertiary alicyclic amines) is 1. The highest BCUT2D eigenvalue weighted by molar-refractivity contribution is 5.17. The lowest BCUT2D eigenvalue weighted by Gasteiger charge is -2.36. The van der Waals surface area contributed by atoms with Gasteiger partial charge in [0.15, 0.2) is 0 Å². The monoisotopic (exact) mass is 262 g/mol. The molecule has 2 atom stereocenters. The average molecular weight is 262 g/mol. The molecule has 1 N–H and O–H groups in total. The minimum absolute atomic E-state index is 0.697. The molecule has 1 saturated carbocycles. The summed E-state index contributed by atoms with van der Waals surface area (Å²) in [4.78, 5) is 2.60. The molecule has 19 heavy (non-hydrogen) atoms. The van der Waals surface area contributed by atoms with Gasteiger partial charge in [-0.25, -0.2) is 0 Å². The highest BCUT2D eigenvalue weighted by Crippen LogP contribution is 2.25. The van der Waals surface area contributed by atoms with Crippen LogP contribution in [0.2, 0.25) is 0 Å². The summed E-state index contributed by atoms with van der Waals surface area (Å²) in [7, 11) is 0. The van der Waals surface area contributed by atoms with Gasteiger partial charge in [-0.3, -0.25) is 4.90 Å². The van der Waals surface area contributed by atoms with Crippen LogP contribution in [0, 0.1) is 5.92 Å². The SMILES string of the molecule is CC1CCN(Cc2ccoc2CNC2CC2)C(C)C1. The number of furan rings is 1. The fraction of sp³-hybridized carbons (Fsp3) is 0.750. The molecule has 1 aliphatic heterocycles. The van der Waals surface area contributed by atoms with Crippen molar-refractivity contribution in [2.75, 3.05) is 6.54 Å². The van der Waals surface area contributed by atoms with Crippen molar-refractivity contribution in [3.63, 3.8) is 0 Å². The van der Waals surface area contributed by atoms with Crippen molar-refractivity contribution >= 4 is 0 Å². The van der Waals surface area contributed by atoms with Crippen molar-refractivity contribution in [1.29, 1.82) is 0 Å². The second kappa shape index (κ2) is 5.68. The van der Waals surface area contributed by atoms with Gasteiger partial charge in [-0.05, 0) is 51.1 Å². The van der Waals surface area contributed by atoms with Gasteiger partial charge < -0.3 is 9.73 Å². The fourth-order valence-electron chi connectivity index (χ4n) is 3.10. The third-order valence-corrected chi connectivity index (χ3v) is 4.62. The molecule has 2 fully saturated rings. The quantitative estimate of drug-likeness (QED) is 0.883. The van der Waals surface area contributed by atoms with Crippen LogP contribution in [0.1, 0.15) is 50.9 Å². The minimum Gasteiger partial charge on any atom is -0.468 e. The van der Waals surface area contributed by atoms with Crippen LogP contribution in [-0.4, -0.2) is 23.5 Å². The van der Waals surface area contributed by atoms with Crippen LogP contribution in [0.15, 0.2) is 16.7 Å². The summed E-state index contributed by atoms with van der Waals surface area (Å²) in [6, 6.07) is 3.59. The van der Waals surface area contributed by atoms with Crippen LogP contribution < -0.4 is 5.32 Å².